The minimum absolute atomic E-state index is 0.0543. The summed E-state index contributed by atoms with van der Waals surface area (Å²) in [6.07, 6.45) is 3.70. The molecule has 0 saturated carbocycles. The molecule has 6 nitrogen and oxygen atoms in total. The number of hydrogen-bond donors (Lipinski definition) is 1. The molecule has 3 aromatic rings. The third-order valence-electron chi connectivity index (χ3n) is 5.37. The first-order chi connectivity index (χ1) is 14.1. The second-order valence-electron chi connectivity index (χ2n) is 7.22. The summed E-state index contributed by atoms with van der Waals surface area (Å²) in [6.45, 7) is 1.51. The van der Waals surface area contributed by atoms with Crippen LogP contribution in [0.4, 0.5) is 0 Å². The molecule has 1 aliphatic rings. The van der Waals surface area contributed by atoms with Gasteiger partial charge in [0.25, 0.3) is 5.56 Å². The fraction of sp³-hybridized carbons (Fsp3) is 0.261. The number of fused-ring (bicyclic) bond motifs is 1. The van der Waals surface area contributed by atoms with Crippen molar-refractivity contribution >= 4 is 22.4 Å². The maximum absolute atomic E-state index is 12.5. The van der Waals surface area contributed by atoms with E-state index in [0.29, 0.717) is 36.8 Å². The van der Waals surface area contributed by atoms with Gasteiger partial charge in [0.2, 0.25) is 5.91 Å². The zero-order valence-electron chi connectivity index (χ0n) is 16.1. The van der Waals surface area contributed by atoms with E-state index in [-0.39, 0.29) is 18.0 Å². The van der Waals surface area contributed by atoms with Gasteiger partial charge in [-0.15, -0.1) is 0 Å². The lowest BCUT2D eigenvalue weighted by atomic mass is 9.99. The molecule has 148 valence electrons. The Morgan fingerprint density at radius 2 is 1.76 bits per heavy atom. The second-order valence-corrected chi connectivity index (χ2v) is 7.22. The van der Waals surface area contributed by atoms with Gasteiger partial charge in [0.1, 0.15) is 0 Å². The number of aromatic amines is 1. The first-order valence-electron chi connectivity index (χ1n) is 9.87. The average Bonchev–Trinajstić information content (AvgIpc) is 2.76. The van der Waals surface area contributed by atoms with E-state index in [1.54, 1.807) is 24.3 Å². The molecule has 1 N–H and O–H groups in total. The SMILES string of the molecule is O=C(CCCn1c(=O)[nH]c2ccccc2c1=O)N1CC=C(c2ccccc2)CC1. The molecule has 2 aromatic carbocycles. The Kier molecular flexibility index (Phi) is 5.42. The Morgan fingerprint density at radius 1 is 1.00 bits per heavy atom. The van der Waals surface area contributed by atoms with Crippen LogP contribution in [0.15, 0.2) is 70.3 Å². The summed E-state index contributed by atoms with van der Waals surface area (Å²) >= 11 is 0. The van der Waals surface area contributed by atoms with E-state index in [1.807, 2.05) is 23.1 Å². The van der Waals surface area contributed by atoms with E-state index in [9.17, 15) is 14.4 Å². The number of rotatable bonds is 5. The van der Waals surface area contributed by atoms with Gasteiger partial charge in [0.05, 0.1) is 10.9 Å². The molecule has 1 aromatic heterocycles. The number of carbonyl (C=O) groups is 1. The van der Waals surface area contributed by atoms with Crippen molar-refractivity contribution < 1.29 is 4.79 Å². The van der Waals surface area contributed by atoms with Gasteiger partial charge in [-0.05, 0) is 36.1 Å². The van der Waals surface area contributed by atoms with Crippen molar-refractivity contribution in [2.75, 3.05) is 13.1 Å². The summed E-state index contributed by atoms with van der Waals surface area (Å²) in [5.74, 6) is 0.0543. The van der Waals surface area contributed by atoms with Crippen LogP contribution in [0.25, 0.3) is 16.5 Å². The number of carbonyl (C=O) groups excluding carboxylic acids is 1. The molecule has 0 bridgehead atoms. The number of amides is 1. The van der Waals surface area contributed by atoms with Gasteiger partial charge in [0, 0.05) is 26.1 Å². The first kappa shape index (κ1) is 18.9. The van der Waals surface area contributed by atoms with Gasteiger partial charge in [-0.3, -0.25) is 14.2 Å². The zero-order valence-corrected chi connectivity index (χ0v) is 16.1. The van der Waals surface area contributed by atoms with Crippen LogP contribution >= 0.6 is 0 Å². The molecule has 0 fully saturated rings. The minimum Gasteiger partial charge on any atom is -0.339 e. The van der Waals surface area contributed by atoms with E-state index in [2.05, 4.69) is 23.2 Å². The third-order valence-corrected chi connectivity index (χ3v) is 5.37. The number of benzene rings is 2. The third kappa shape index (κ3) is 4.06. The van der Waals surface area contributed by atoms with Gasteiger partial charge >= 0.3 is 5.69 Å². The largest absolute Gasteiger partial charge is 0.339 e. The monoisotopic (exact) mass is 389 g/mol. The van der Waals surface area contributed by atoms with Gasteiger partial charge in [0.15, 0.2) is 0 Å². The average molecular weight is 389 g/mol. The van der Waals surface area contributed by atoms with Crippen molar-refractivity contribution in [1.82, 2.24) is 14.5 Å². The molecule has 1 aliphatic heterocycles. The number of H-pyrrole nitrogens is 1. The van der Waals surface area contributed by atoms with Crippen molar-refractivity contribution in [2.24, 2.45) is 0 Å². The van der Waals surface area contributed by atoms with Gasteiger partial charge < -0.3 is 9.88 Å². The second kappa shape index (κ2) is 8.31. The lowest BCUT2D eigenvalue weighted by molar-refractivity contribution is -0.130. The summed E-state index contributed by atoms with van der Waals surface area (Å²) in [7, 11) is 0. The normalized spacial score (nSPS) is 14.1. The highest BCUT2D eigenvalue weighted by Crippen LogP contribution is 2.22. The predicted molar refractivity (Wildman–Crippen MR) is 114 cm³/mol. The maximum atomic E-state index is 12.5. The van der Waals surface area contributed by atoms with Gasteiger partial charge in [-0.2, -0.15) is 0 Å². The fourth-order valence-electron chi connectivity index (χ4n) is 3.76. The predicted octanol–water partition coefficient (Wildman–Crippen LogP) is 2.79. The van der Waals surface area contributed by atoms with Crippen LogP contribution in [-0.4, -0.2) is 33.4 Å². The number of nitrogens with zero attached hydrogens (tertiary/aromatic N) is 2. The van der Waals surface area contributed by atoms with Crippen molar-refractivity contribution in [3.63, 3.8) is 0 Å². The Balaban J connectivity index is 1.37. The van der Waals surface area contributed by atoms with E-state index in [4.69, 9.17) is 0 Å². The minimum atomic E-state index is -0.436. The van der Waals surface area contributed by atoms with E-state index < -0.39 is 5.69 Å². The van der Waals surface area contributed by atoms with E-state index in [0.717, 1.165) is 6.42 Å². The zero-order chi connectivity index (χ0) is 20.2. The number of aromatic nitrogens is 2. The summed E-state index contributed by atoms with van der Waals surface area (Å²) in [5.41, 5.74) is 2.25. The van der Waals surface area contributed by atoms with Crippen LogP contribution in [0, 0.1) is 0 Å². The molecule has 6 heteroatoms. The molecule has 0 spiro atoms. The smallest absolute Gasteiger partial charge is 0.328 e. The quantitative estimate of drug-likeness (QED) is 0.729. The van der Waals surface area contributed by atoms with Crippen molar-refractivity contribution in [3.05, 3.63) is 87.1 Å². The molecule has 29 heavy (non-hydrogen) atoms. The highest BCUT2D eigenvalue weighted by molar-refractivity contribution is 5.78. The Bertz CT molecular complexity index is 1180. The van der Waals surface area contributed by atoms with Crippen molar-refractivity contribution in [1.29, 1.82) is 0 Å². The topological polar surface area (TPSA) is 75.2 Å². The Hall–Kier alpha value is -3.41. The maximum Gasteiger partial charge on any atom is 0.328 e. The van der Waals surface area contributed by atoms with Crippen LogP contribution < -0.4 is 11.2 Å². The molecule has 2 heterocycles. The Labute approximate surface area is 168 Å². The Morgan fingerprint density at radius 3 is 2.52 bits per heavy atom. The summed E-state index contributed by atoms with van der Waals surface area (Å²) in [6, 6.07) is 17.1. The molecular weight excluding hydrogens is 366 g/mol. The summed E-state index contributed by atoms with van der Waals surface area (Å²) < 4.78 is 1.18. The molecule has 4 rings (SSSR count). The molecule has 0 aliphatic carbocycles. The number of hydrogen-bond acceptors (Lipinski definition) is 3. The standard InChI is InChI=1S/C23H23N3O3/c27-21(25-15-12-18(13-16-25)17-7-2-1-3-8-17)11-6-14-26-22(28)19-9-4-5-10-20(19)24-23(26)29/h1-5,7-10,12H,6,11,13-16H2,(H,24,29). The molecule has 0 saturated heterocycles. The van der Waals surface area contributed by atoms with Crippen LogP contribution in [0.2, 0.25) is 0 Å². The van der Waals surface area contributed by atoms with Crippen LogP contribution in [0.3, 0.4) is 0 Å². The van der Waals surface area contributed by atoms with Gasteiger partial charge in [-0.25, -0.2) is 4.79 Å². The van der Waals surface area contributed by atoms with Crippen LogP contribution in [0.5, 0.6) is 0 Å². The first-order valence-corrected chi connectivity index (χ1v) is 9.87. The van der Waals surface area contributed by atoms with Crippen molar-refractivity contribution in [3.8, 4) is 0 Å². The van der Waals surface area contributed by atoms with E-state index in [1.165, 1.54) is 15.7 Å². The molecule has 0 unspecified atom stereocenters. The highest BCUT2D eigenvalue weighted by Gasteiger charge is 2.18. The highest BCUT2D eigenvalue weighted by atomic mass is 16.2. The van der Waals surface area contributed by atoms with Gasteiger partial charge in [-0.1, -0.05) is 48.5 Å². The number of para-hydroxylation sites is 1. The molecular formula is C23H23N3O3. The lowest BCUT2D eigenvalue weighted by Crippen LogP contribution is -2.37. The molecule has 0 radical (unpaired) electrons. The fourth-order valence-corrected chi connectivity index (χ4v) is 3.76. The van der Waals surface area contributed by atoms with Crippen molar-refractivity contribution in [2.45, 2.75) is 25.8 Å². The molecule has 1 amide bonds. The summed E-state index contributed by atoms with van der Waals surface area (Å²) in [4.78, 5) is 41.8. The summed E-state index contributed by atoms with van der Waals surface area (Å²) in [5, 5.41) is 0.480. The van der Waals surface area contributed by atoms with Crippen LogP contribution in [0.1, 0.15) is 24.8 Å². The number of nitrogens with one attached hydrogen (secondary N) is 1. The van der Waals surface area contributed by atoms with E-state index >= 15 is 0 Å². The van der Waals surface area contributed by atoms with Crippen LogP contribution in [-0.2, 0) is 11.3 Å². The molecule has 0 atom stereocenters. The lowest BCUT2D eigenvalue weighted by Gasteiger charge is -2.26.